The van der Waals surface area contributed by atoms with Crippen molar-refractivity contribution in [1.29, 1.82) is 0 Å². The van der Waals surface area contributed by atoms with Crippen molar-refractivity contribution in [2.24, 2.45) is 0 Å². The third kappa shape index (κ3) is 4.33. The van der Waals surface area contributed by atoms with E-state index in [9.17, 15) is 0 Å². The Morgan fingerprint density at radius 1 is 0.480 bits per heavy atom. The Hall–Kier alpha value is -1.60. The van der Waals surface area contributed by atoms with Gasteiger partial charge in [-0.25, -0.2) is 0 Å². The quantitative estimate of drug-likeness (QED) is 0.624. The van der Waals surface area contributed by atoms with E-state index in [1.807, 2.05) is 0 Å². The second-order valence-electron chi connectivity index (χ2n) is 7.90. The van der Waals surface area contributed by atoms with Crippen molar-refractivity contribution in [2.45, 2.75) is 75.4 Å². The molecule has 1 nitrogen and oxygen atoms in total. The minimum atomic E-state index is 0.498. The first kappa shape index (κ1) is 16.8. The van der Waals surface area contributed by atoms with Gasteiger partial charge in [0, 0.05) is 0 Å². The highest BCUT2D eigenvalue weighted by Crippen LogP contribution is 2.38. The van der Waals surface area contributed by atoms with E-state index in [0.29, 0.717) is 12.2 Å². The van der Waals surface area contributed by atoms with Crippen molar-refractivity contribution in [1.82, 2.24) is 0 Å². The lowest BCUT2D eigenvalue weighted by atomic mass is 9.81. The van der Waals surface area contributed by atoms with Gasteiger partial charge in [0.2, 0.25) is 0 Å². The molecule has 2 fully saturated rings. The molecule has 0 bridgehead atoms. The van der Waals surface area contributed by atoms with Crippen LogP contribution in [0.3, 0.4) is 0 Å². The van der Waals surface area contributed by atoms with Crippen LogP contribution >= 0.6 is 0 Å². The number of ether oxygens (including phenoxy) is 1. The molecule has 0 amide bonds. The van der Waals surface area contributed by atoms with Crippen molar-refractivity contribution in [3.8, 4) is 0 Å². The Labute approximate surface area is 152 Å². The lowest BCUT2D eigenvalue weighted by molar-refractivity contribution is -0.0492. The summed E-state index contributed by atoms with van der Waals surface area (Å²) < 4.78 is 6.50. The summed E-state index contributed by atoms with van der Waals surface area (Å²) in [6.07, 6.45) is 11.1. The van der Waals surface area contributed by atoms with Gasteiger partial charge in [-0.15, -0.1) is 0 Å². The molecule has 132 valence electrons. The molecular weight excluding hydrogens is 304 g/mol. The van der Waals surface area contributed by atoms with Crippen LogP contribution in [0.4, 0.5) is 0 Å². The fraction of sp³-hybridized carbons (Fsp3) is 0.500. The van der Waals surface area contributed by atoms with E-state index >= 15 is 0 Å². The van der Waals surface area contributed by atoms with Gasteiger partial charge >= 0.3 is 0 Å². The highest BCUT2D eigenvalue weighted by atomic mass is 16.5. The van der Waals surface area contributed by atoms with E-state index in [2.05, 4.69) is 60.7 Å². The number of rotatable bonds is 4. The van der Waals surface area contributed by atoms with Crippen molar-refractivity contribution in [3.63, 3.8) is 0 Å². The number of benzene rings is 2. The summed E-state index contributed by atoms with van der Waals surface area (Å²) in [5, 5.41) is 0. The SMILES string of the molecule is c1ccc(C2CCC(OC3CCC(c4ccccc4)CC3)CC2)cc1. The van der Waals surface area contributed by atoms with E-state index in [0.717, 1.165) is 11.8 Å². The maximum Gasteiger partial charge on any atom is 0.0579 e. The van der Waals surface area contributed by atoms with Crippen LogP contribution in [0.5, 0.6) is 0 Å². The minimum Gasteiger partial charge on any atom is -0.375 e. The van der Waals surface area contributed by atoms with Crippen molar-refractivity contribution in [3.05, 3.63) is 71.8 Å². The molecule has 2 aromatic carbocycles. The molecule has 0 heterocycles. The van der Waals surface area contributed by atoms with Gasteiger partial charge in [0.15, 0.2) is 0 Å². The molecule has 0 radical (unpaired) electrons. The number of hydrogen-bond acceptors (Lipinski definition) is 1. The summed E-state index contributed by atoms with van der Waals surface area (Å²) in [7, 11) is 0. The first-order valence-electron chi connectivity index (χ1n) is 10.1. The average molecular weight is 335 g/mol. The molecule has 0 aliphatic heterocycles. The Balaban J connectivity index is 1.22. The zero-order chi connectivity index (χ0) is 16.9. The monoisotopic (exact) mass is 334 g/mol. The Kier molecular flexibility index (Phi) is 5.52. The van der Waals surface area contributed by atoms with E-state index < -0.39 is 0 Å². The van der Waals surface area contributed by atoms with E-state index in [1.165, 1.54) is 62.5 Å². The third-order valence-electron chi connectivity index (χ3n) is 6.28. The van der Waals surface area contributed by atoms with Crippen LogP contribution in [-0.4, -0.2) is 12.2 Å². The van der Waals surface area contributed by atoms with Gasteiger partial charge in [-0.3, -0.25) is 0 Å². The molecule has 0 N–H and O–H groups in total. The Morgan fingerprint density at radius 3 is 1.20 bits per heavy atom. The van der Waals surface area contributed by atoms with Crippen LogP contribution in [0.2, 0.25) is 0 Å². The maximum atomic E-state index is 6.50. The summed E-state index contributed by atoms with van der Waals surface area (Å²) >= 11 is 0. The highest BCUT2D eigenvalue weighted by molar-refractivity contribution is 5.21. The second kappa shape index (κ2) is 8.19. The molecule has 0 unspecified atom stereocenters. The molecule has 2 aliphatic rings. The fourth-order valence-electron chi connectivity index (χ4n) is 4.79. The maximum absolute atomic E-state index is 6.50. The first-order valence-corrected chi connectivity index (χ1v) is 10.1. The van der Waals surface area contributed by atoms with Gasteiger partial charge in [0.05, 0.1) is 12.2 Å². The van der Waals surface area contributed by atoms with Crippen LogP contribution < -0.4 is 0 Å². The smallest absolute Gasteiger partial charge is 0.0579 e. The lowest BCUT2D eigenvalue weighted by Gasteiger charge is -2.35. The summed E-state index contributed by atoms with van der Waals surface area (Å²) in [5.41, 5.74) is 3.04. The van der Waals surface area contributed by atoms with Gasteiger partial charge in [-0.05, 0) is 74.3 Å². The molecule has 4 rings (SSSR count). The average Bonchev–Trinajstić information content (AvgIpc) is 2.71. The molecule has 0 atom stereocenters. The van der Waals surface area contributed by atoms with Crippen LogP contribution in [0.1, 0.15) is 74.3 Å². The Bertz CT molecular complexity index is 562. The van der Waals surface area contributed by atoms with E-state index in [1.54, 1.807) is 0 Å². The molecule has 0 saturated heterocycles. The summed E-state index contributed by atoms with van der Waals surface area (Å²) in [6, 6.07) is 22.1. The molecule has 0 aromatic heterocycles. The number of hydrogen-bond donors (Lipinski definition) is 0. The highest BCUT2D eigenvalue weighted by Gasteiger charge is 2.28. The van der Waals surface area contributed by atoms with Crippen LogP contribution in [0.25, 0.3) is 0 Å². The minimum absolute atomic E-state index is 0.498. The van der Waals surface area contributed by atoms with Crippen LogP contribution in [0.15, 0.2) is 60.7 Å². The first-order chi connectivity index (χ1) is 12.4. The molecular formula is C24H30O. The van der Waals surface area contributed by atoms with Crippen molar-refractivity contribution < 1.29 is 4.74 Å². The predicted octanol–water partition coefficient (Wildman–Crippen LogP) is 6.46. The standard InChI is InChI=1S/C24H30O/c1-3-7-19(8-4-1)21-11-15-23(16-12-21)25-24-17-13-22(14-18-24)20-9-5-2-6-10-20/h1-10,21-24H,11-18H2. The topological polar surface area (TPSA) is 9.23 Å². The largest absolute Gasteiger partial charge is 0.375 e. The van der Waals surface area contributed by atoms with Gasteiger partial charge in [0.25, 0.3) is 0 Å². The van der Waals surface area contributed by atoms with Crippen LogP contribution in [0, 0.1) is 0 Å². The molecule has 1 heteroatoms. The Morgan fingerprint density at radius 2 is 0.840 bits per heavy atom. The zero-order valence-corrected chi connectivity index (χ0v) is 15.1. The normalized spacial score (nSPS) is 30.1. The molecule has 2 aromatic rings. The molecule has 2 aliphatic carbocycles. The molecule has 0 spiro atoms. The summed E-state index contributed by atoms with van der Waals surface area (Å²) in [5.74, 6) is 1.49. The van der Waals surface area contributed by atoms with Gasteiger partial charge in [-0.2, -0.15) is 0 Å². The second-order valence-corrected chi connectivity index (χ2v) is 7.90. The molecule has 25 heavy (non-hydrogen) atoms. The lowest BCUT2D eigenvalue weighted by Crippen LogP contribution is -2.29. The van der Waals surface area contributed by atoms with Gasteiger partial charge < -0.3 is 4.74 Å². The predicted molar refractivity (Wildman–Crippen MR) is 104 cm³/mol. The zero-order valence-electron chi connectivity index (χ0n) is 15.1. The third-order valence-corrected chi connectivity index (χ3v) is 6.28. The molecule has 2 saturated carbocycles. The van der Waals surface area contributed by atoms with Gasteiger partial charge in [0.1, 0.15) is 0 Å². The van der Waals surface area contributed by atoms with E-state index in [-0.39, 0.29) is 0 Å². The fourth-order valence-corrected chi connectivity index (χ4v) is 4.79. The van der Waals surface area contributed by atoms with E-state index in [4.69, 9.17) is 4.74 Å². The van der Waals surface area contributed by atoms with Crippen LogP contribution in [-0.2, 0) is 4.74 Å². The van der Waals surface area contributed by atoms with Gasteiger partial charge in [-0.1, -0.05) is 60.7 Å². The summed E-state index contributed by atoms with van der Waals surface area (Å²) in [4.78, 5) is 0. The van der Waals surface area contributed by atoms with Crippen molar-refractivity contribution >= 4 is 0 Å². The van der Waals surface area contributed by atoms with Crippen molar-refractivity contribution in [2.75, 3.05) is 0 Å². The summed E-state index contributed by atoms with van der Waals surface area (Å²) in [6.45, 7) is 0.